The van der Waals surface area contributed by atoms with Gasteiger partial charge < -0.3 is 10.0 Å². The highest BCUT2D eigenvalue weighted by atomic mass is 19.2. The smallest absolute Gasteiger partial charge is 0.311 e. The van der Waals surface area contributed by atoms with Crippen molar-refractivity contribution in [3.8, 4) is 0 Å². The average Bonchev–Trinajstić information content (AvgIpc) is 2.87. The van der Waals surface area contributed by atoms with Crippen molar-refractivity contribution in [3.05, 3.63) is 35.4 Å². The van der Waals surface area contributed by atoms with Gasteiger partial charge in [0, 0.05) is 13.1 Å². The molecule has 1 saturated heterocycles. The quantitative estimate of drug-likeness (QED) is 0.926. The summed E-state index contributed by atoms with van der Waals surface area (Å²) in [6.07, 6.45) is 0.708. The van der Waals surface area contributed by atoms with Crippen LogP contribution in [0.15, 0.2) is 18.2 Å². The van der Waals surface area contributed by atoms with Crippen molar-refractivity contribution in [2.75, 3.05) is 13.1 Å². The van der Waals surface area contributed by atoms with Crippen LogP contribution in [0.4, 0.5) is 8.78 Å². The Kier molecular flexibility index (Phi) is 3.74. The average molecular weight is 283 g/mol. The number of nitrogens with zero attached hydrogens (tertiary/aromatic N) is 1. The zero-order valence-corrected chi connectivity index (χ0v) is 11.0. The Morgan fingerprint density at radius 1 is 1.40 bits per heavy atom. The topological polar surface area (TPSA) is 57.6 Å². The summed E-state index contributed by atoms with van der Waals surface area (Å²) < 4.78 is 26.7. The number of hydrogen-bond donors (Lipinski definition) is 1. The predicted molar refractivity (Wildman–Crippen MR) is 67.2 cm³/mol. The summed E-state index contributed by atoms with van der Waals surface area (Å²) in [7, 11) is 0. The molecule has 2 rings (SSSR count). The molecule has 108 valence electrons. The summed E-state index contributed by atoms with van der Waals surface area (Å²) in [5, 5.41) is 9.26. The summed E-state index contributed by atoms with van der Waals surface area (Å²) in [6, 6.07) is 3.39. The molecule has 4 nitrogen and oxygen atoms in total. The van der Waals surface area contributed by atoms with Crippen molar-refractivity contribution in [2.45, 2.75) is 19.8 Å². The lowest BCUT2D eigenvalue weighted by molar-refractivity contribution is -0.148. The van der Waals surface area contributed by atoms with E-state index in [1.165, 1.54) is 17.0 Å². The molecule has 1 fully saturated rings. The Hall–Kier alpha value is -1.98. The number of amides is 1. The van der Waals surface area contributed by atoms with Crippen LogP contribution in [-0.4, -0.2) is 35.0 Å². The van der Waals surface area contributed by atoms with Crippen LogP contribution >= 0.6 is 0 Å². The van der Waals surface area contributed by atoms with Crippen LogP contribution in [0.1, 0.15) is 30.1 Å². The standard InChI is InChI=1S/C14H15F2NO3/c1-2-14(13(19)20)6-7-17(8-14)12(18)9-4-3-5-10(15)11(9)16/h3-5H,2,6-8H2,1H3,(H,19,20). The van der Waals surface area contributed by atoms with Crippen molar-refractivity contribution in [1.29, 1.82) is 0 Å². The molecule has 1 unspecified atom stereocenters. The van der Waals surface area contributed by atoms with Crippen molar-refractivity contribution in [3.63, 3.8) is 0 Å². The van der Waals surface area contributed by atoms with Crippen LogP contribution < -0.4 is 0 Å². The predicted octanol–water partition coefficient (Wildman–Crippen LogP) is 2.29. The molecule has 1 heterocycles. The van der Waals surface area contributed by atoms with Gasteiger partial charge >= 0.3 is 5.97 Å². The van der Waals surface area contributed by atoms with E-state index in [-0.39, 0.29) is 18.7 Å². The zero-order chi connectivity index (χ0) is 14.9. The number of halogens is 2. The van der Waals surface area contributed by atoms with E-state index >= 15 is 0 Å². The monoisotopic (exact) mass is 283 g/mol. The molecule has 0 aromatic heterocycles. The molecule has 0 radical (unpaired) electrons. The van der Waals surface area contributed by atoms with Crippen molar-refractivity contribution >= 4 is 11.9 Å². The lowest BCUT2D eigenvalue weighted by atomic mass is 9.84. The van der Waals surface area contributed by atoms with Gasteiger partial charge in [0.25, 0.3) is 5.91 Å². The Morgan fingerprint density at radius 3 is 2.65 bits per heavy atom. The fourth-order valence-electron chi connectivity index (χ4n) is 2.50. The largest absolute Gasteiger partial charge is 0.481 e. The fraction of sp³-hybridized carbons (Fsp3) is 0.429. The molecule has 6 heteroatoms. The first-order chi connectivity index (χ1) is 9.41. The van der Waals surface area contributed by atoms with Gasteiger partial charge in [-0.15, -0.1) is 0 Å². The number of hydrogen-bond acceptors (Lipinski definition) is 2. The minimum Gasteiger partial charge on any atom is -0.481 e. The maximum atomic E-state index is 13.6. The van der Waals surface area contributed by atoms with Crippen LogP contribution in [0.3, 0.4) is 0 Å². The molecule has 0 spiro atoms. The Balaban J connectivity index is 2.24. The van der Waals surface area contributed by atoms with E-state index in [1.54, 1.807) is 6.92 Å². The number of rotatable bonds is 3. The fourth-order valence-corrected chi connectivity index (χ4v) is 2.50. The second-order valence-corrected chi connectivity index (χ2v) is 5.02. The van der Waals surface area contributed by atoms with Crippen molar-refractivity contribution in [2.24, 2.45) is 5.41 Å². The number of carbonyl (C=O) groups excluding carboxylic acids is 1. The highest BCUT2D eigenvalue weighted by Gasteiger charge is 2.45. The van der Waals surface area contributed by atoms with E-state index < -0.39 is 28.9 Å². The Bertz CT molecular complexity index is 561. The summed E-state index contributed by atoms with van der Waals surface area (Å²) in [6.45, 7) is 1.99. The molecular weight excluding hydrogens is 268 g/mol. The van der Waals surface area contributed by atoms with Gasteiger partial charge in [-0.3, -0.25) is 9.59 Å². The third-order valence-corrected chi connectivity index (χ3v) is 3.95. The normalized spacial score (nSPS) is 22.1. The summed E-state index contributed by atoms with van der Waals surface area (Å²) in [5.74, 6) is -3.91. The molecular formula is C14H15F2NO3. The Morgan fingerprint density at radius 2 is 2.10 bits per heavy atom. The van der Waals surface area contributed by atoms with Crippen LogP contribution in [0.2, 0.25) is 0 Å². The molecule has 1 N–H and O–H groups in total. The first kappa shape index (κ1) is 14.4. The number of aliphatic carboxylic acids is 1. The van der Waals surface area contributed by atoms with Gasteiger partial charge in [0.2, 0.25) is 0 Å². The first-order valence-electron chi connectivity index (χ1n) is 6.38. The molecule has 1 aromatic rings. The van der Waals surface area contributed by atoms with E-state index in [0.29, 0.717) is 12.8 Å². The molecule has 0 aliphatic carbocycles. The maximum absolute atomic E-state index is 13.6. The molecule has 0 saturated carbocycles. The molecule has 1 aliphatic rings. The first-order valence-corrected chi connectivity index (χ1v) is 6.38. The minimum atomic E-state index is -1.19. The number of likely N-dealkylation sites (tertiary alicyclic amines) is 1. The molecule has 20 heavy (non-hydrogen) atoms. The third-order valence-electron chi connectivity index (χ3n) is 3.95. The van der Waals surface area contributed by atoms with E-state index in [2.05, 4.69) is 0 Å². The minimum absolute atomic E-state index is 0.0214. The SMILES string of the molecule is CCC1(C(=O)O)CCN(C(=O)c2cccc(F)c2F)C1. The van der Waals surface area contributed by atoms with Gasteiger partial charge in [-0.2, -0.15) is 0 Å². The number of benzene rings is 1. The van der Waals surface area contributed by atoms with E-state index in [1.807, 2.05) is 0 Å². The van der Waals surface area contributed by atoms with Crippen molar-refractivity contribution in [1.82, 2.24) is 4.90 Å². The number of carboxylic acids is 1. The molecule has 1 aliphatic heterocycles. The van der Waals surface area contributed by atoms with Crippen LogP contribution in [0.25, 0.3) is 0 Å². The van der Waals surface area contributed by atoms with Crippen LogP contribution in [0.5, 0.6) is 0 Å². The number of carboxylic acid groups (broad SMARTS) is 1. The van der Waals surface area contributed by atoms with Gasteiger partial charge in [0.1, 0.15) is 0 Å². The summed E-state index contributed by atoms with van der Waals surface area (Å²) in [4.78, 5) is 24.8. The number of carbonyl (C=O) groups is 2. The molecule has 1 atom stereocenters. The van der Waals surface area contributed by atoms with Gasteiger partial charge in [0.15, 0.2) is 11.6 Å². The molecule has 0 bridgehead atoms. The third kappa shape index (κ3) is 2.26. The molecule has 1 aromatic carbocycles. The van der Waals surface area contributed by atoms with Crippen molar-refractivity contribution < 1.29 is 23.5 Å². The lowest BCUT2D eigenvalue weighted by Crippen LogP contribution is -2.36. The summed E-state index contributed by atoms with van der Waals surface area (Å²) in [5.41, 5.74) is -1.35. The Labute approximate surface area is 115 Å². The lowest BCUT2D eigenvalue weighted by Gasteiger charge is -2.23. The zero-order valence-electron chi connectivity index (χ0n) is 11.0. The molecule has 1 amide bonds. The second kappa shape index (κ2) is 5.19. The summed E-state index contributed by atoms with van der Waals surface area (Å²) >= 11 is 0. The van der Waals surface area contributed by atoms with E-state index in [9.17, 15) is 23.5 Å². The van der Waals surface area contributed by atoms with Gasteiger partial charge in [-0.1, -0.05) is 13.0 Å². The maximum Gasteiger partial charge on any atom is 0.311 e. The van der Waals surface area contributed by atoms with Crippen LogP contribution in [-0.2, 0) is 4.79 Å². The van der Waals surface area contributed by atoms with E-state index in [0.717, 1.165) is 6.07 Å². The van der Waals surface area contributed by atoms with Gasteiger partial charge in [-0.05, 0) is 25.0 Å². The highest BCUT2D eigenvalue weighted by molar-refractivity contribution is 5.95. The highest BCUT2D eigenvalue weighted by Crippen LogP contribution is 2.35. The van der Waals surface area contributed by atoms with Gasteiger partial charge in [0.05, 0.1) is 11.0 Å². The van der Waals surface area contributed by atoms with Gasteiger partial charge in [-0.25, -0.2) is 8.78 Å². The van der Waals surface area contributed by atoms with E-state index in [4.69, 9.17) is 0 Å². The van der Waals surface area contributed by atoms with Crippen LogP contribution in [0, 0.1) is 17.0 Å². The second-order valence-electron chi connectivity index (χ2n) is 5.02.